The minimum absolute atomic E-state index is 0.216. The van der Waals surface area contributed by atoms with Gasteiger partial charge in [-0.3, -0.25) is 9.59 Å². The fraction of sp³-hybridized carbons (Fsp3) is 0.143. The van der Waals surface area contributed by atoms with E-state index in [0.29, 0.717) is 35.4 Å². The van der Waals surface area contributed by atoms with Crippen LogP contribution in [0.5, 0.6) is 5.75 Å². The number of halogens is 1. The summed E-state index contributed by atoms with van der Waals surface area (Å²) in [6.45, 7) is 3.64. The van der Waals surface area contributed by atoms with E-state index in [1.165, 1.54) is 30.3 Å². The van der Waals surface area contributed by atoms with Crippen molar-refractivity contribution in [2.75, 3.05) is 0 Å². The van der Waals surface area contributed by atoms with Gasteiger partial charge in [0, 0.05) is 5.56 Å². The van der Waals surface area contributed by atoms with Crippen molar-refractivity contribution in [3.63, 3.8) is 0 Å². The summed E-state index contributed by atoms with van der Waals surface area (Å²) in [5.41, 5.74) is 1.10. The first-order chi connectivity index (χ1) is 18.1. The quantitative estimate of drug-likeness (QED) is 0.251. The minimum atomic E-state index is -1.50. The van der Waals surface area contributed by atoms with Crippen LogP contribution in [-0.4, -0.2) is 37.2 Å². The normalized spacial score (nSPS) is 10.4. The lowest BCUT2D eigenvalue weighted by Crippen LogP contribution is -2.20. The molecule has 9 nitrogen and oxygen atoms in total. The zero-order valence-electron chi connectivity index (χ0n) is 20.5. The highest BCUT2D eigenvalue weighted by atomic mass is 19.1. The lowest BCUT2D eigenvalue weighted by atomic mass is 10.0. The Kier molecular flexibility index (Phi) is 8.59. The Morgan fingerprint density at radius 1 is 0.789 bits per heavy atom. The number of nitrogens with one attached hydrogen (secondary N) is 2. The smallest absolute Gasteiger partial charge is 0.345 e. The number of H-pyrrole nitrogens is 2. The van der Waals surface area contributed by atoms with Crippen LogP contribution in [0.2, 0.25) is 0 Å². The molecule has 0 unspecified atom stereocenters. The van der Waals surface area contributed by atoms with Gasteiger partial charge in [0.1, 0.15) is 17.1 Å². The highest BCUT2D eigenvalue weighted by molar-refractivity contribution is 5.92. The molecule has 4 aromatic rings. The van der Waals surface area contributed by atoms with Gasteiger partial charge in [-0.1, -0.05) is 44.2 Å². The second kappa shape index (κ2) is 11.8. The Labute approximate surface area is 215 Å². The number of rotatable bonds is 6. The fourth-order valence-electron chi connectivity index (χ4n) is 3.91. The molecule has 2 aromatic heterocycles. The van der Waals surface area contributed by atoms with Crippen LogP contribution in [0, 0.1) is 5.82 Å². The molecular formula is C28H25FN2O7. The summed E-state index contributed by atoms with van der Waals surface area (Å²) >= 11 is 0. The Hall–Kier alpha value is -4.99. The van der Waals surface area contributed by atoms with Crippen molar-refractivity contribution in [1.29, 1.82) is 0 Å². The number of aromatic carboxylic acids is 2. The molecule has 0 fully saturated rings. The van der Waals surface area contributed by atoms with E-state index < -0.39 is 40.2 Å². The van der Waals surface area contributed by atoms with Gasteiger partial charge < -0.3 is 25.3 Å². The SMILES string of the molecule is CCc1c(-c2ccc(F)cc2)[nH]c(=O)c(C(=O)O)c1O.CCc1cc(C(=O)O)c(=O)[nH]c1-c1ccccc1. The predicted octanol–water partition coefficient (Wildman–Crippen LogP) is 4.45. The number of carboxylic acid groups (broad SMARTS) is 2. The maximum absolute atomic E-state index is 12.9. The van der Waals surface area contributed by atoms with Crippen molar-refractivity contribution in [3.8, 4) is 28.3 Å². The summed E-state index contributed by atoms with van der Waals surface area (Å²) in [6, 6.07) is 16.2. The Morgan fingerprint density at radius 3 is 1.89 bits per heavy atom. The van der Waals surface area contributed by atoms with E-state index in [2.05, 4.69) is 9.97 Å². The molecule has 0 atom stereocenters. The molecule has 0 saturated heterocycles. The second-order valence-electron chi connectivity index (χ2n) is 8.13. The van der Waals surface area contributed by atoms with Gasteiger partial charge in [0.2, 0.25) is 0 Å². The van der Waals surface area contributed by atoms with Gasteiger partial charge in [0.25, 0.3) is 11.1 Å². The maximum Gasteiger partial charge on any atom is 0.345 e. The highest BCUT2D eigenvalue weighted by Gasteiger charge is 2.21. The van der Waals surface area contributed by atoms with Gasteiger partial charge in [-0.25, -0.2) is 14.0 Å². The summed E-state index contributed by atoms with van der Waals surface area (Å²) < 4.78 is 12.9. The van der Waals surface area contributed by atoms with Crippen LogP contribution < -0.4 is 11.1 Å². The van der Waals surface area contributed by atoms with Gasteiger partial charge >= 0.3 is 11.9 Å². The number of hydrogen-bond donors (Lipinski definition) is 5. The minimum Gasteiger partial charge on any atom is -0.506 e. The van der Waals surface area contributed by atoms with Crippen molar-refractivity contribution in [3.05, 3.63) is 109 Å². The standard InChI is InChI=1S/C14H12FNO4.C14H13NO3/c1-2-9-11(7-3-5-8(15)6-4-7)16-13(18)10(12(9)17)14(19)20;1-2-9-8-11(14(17)18)13(16)15-12(9)10-6-4-3-5-7-10/h3-6H,2H2,1H3,(H,19,20)(H2,16,17,18);3-8H,2H2,1H3,(H,15,16)(H,17,18). The van der Waals surface area contributed by atoms with Crippen LogP contribution >= 0.6 is 0 Å². The van der Waals surface area contributed by atoms with Gasteiger partial charge in [-0.05, 0) is 59.9 Å². The molecule has 0 aliphatic rings. The number of carboxylic acids is 2. The first-order valence-corrected chi connectivity index (χ1v) is 11.6. The molecule has 0 aliphatic carbocycles. The number of aryl methyl sites for hydroxylation is 1. The zero-order valence-corrected chi connectivity index (χ0v) is 20.5. The molecule has 0 radical (unpaired) electrons. The van der Waals surface area contributed by atoms with E-state index in [9.17, 15) is 28.7 Å². The van der Waals surface area contributed by atoms with Crippen molar-refractivity contribution in [2.45, 2.75) is 26.7 Å². The molecule has 0 bridgehead atoms. The molecule has 4 rings (SSSR count). The summed E-state index contributed by atoms with van der Waals surface area (Å²) in [5.74, 6) is -3.68. The first-order valence-electron chi connectivity index (χ1n) is 11.6. The highest BCUT2D eigenvalue weighted by Crippen LogP contribution is 2.29. The number of benzene rings is 2. The molecule has 196 valence electrons. The van der Waals surface area contributed by atoms with Crippen molar-refractivity contribution in [1.82, 2.24) is 9.97 Å². The largest absolute Gasteiger partial charge is 0.506 e. The Balaban J connectivity index is 0.000000212. The van der Waals surface area contributed by atoms with E-state index >= 15 is 0 Å². The second-order valence-corrected chi connectivity index (χ2v) is 8.13. The first kappa shape index (κ1) is 27.6. The zero-order chi connectivity index (χ0) is 28.0. The topological polar surface area (TPSA) is 161 Å². The number of hydrogen-bond acceptors (Lipinski definition) is 5. The lowest BCUT2D eigenvalue weighted by molar-refractivity contribution is 0.0682. The molecule has 5 N–H and O–H groups in total. The van der Waals surface area contributed by atoms with Crippen LogP contribution in [0.4, 0.5) is 4.39 Å². The van der Waals surface area contributed by atoms with Gasteiger partial charge in [0.05, 0.1) is 11.4 Å². The summed E-state index contributed by atoms with van der Waals surface area (Å²) in [6.07, 6.45) is 0.969. The average Bonchev–Trinajstić information content (AvgIpc) is 2.89. The number of aromatic hydroxyl groups is 1. The van der Waals surface area contributed by atoms with Crippen LogP contribution in [0.1, 0.15) is 45.7 Å². The van der Waals surface area contributed by atoms with E-state index in [0.717, 1.165) is 11.1 Å². The lowest BCUT2D eigenvalue weighted by Gasteiger charge is -2.11. The van der Waals surface area contributed by atoms with E-state index in [1.807, 2.05) is 37.3 Å². The van der Waals surface area contributed by atoms with Crippen molar-refractivity contribution < 1.29 is 29.3 Å². The average molecular weight is 521 g/mol. The number of aromatic amines is 2. The van der Waals surface area contributed by atoms with Gasteiger partial charge in [0.15, 0.2) is 5.56 Å². The van der Waals surface area contributed by atoms with Crippen molar-refractivity contribution >= 4 is 11.9 Å². The predicted molar refractivity (Wildman–Crippen MR) is 139 cm³/mol. The molecule has 0 spiro atoms. The van der Waals surface area contributed by atoms with E-state index in [-0.39, 0.29) is 5.56 Å². The summed E-state index contributed by atoms with van der Waals surface area (Å²) in [7, 11) is 0. The third kappa shape index (κ3) is 5.86. The number of pyridine rings is 2. The molecule has 10 heteroatoms. The third-order valence-electron chi connectivity index (χ3n) is 5.79. The molecule has 38 heavy (non-hydrogen) atoms. The fourth-order valence-corrected chi connectivity index (χ4v) is 3.91. The van der Waals surface area contributed by atoms with E-state index in [4.69, 9.17) is 10.2 Å². The Morgan fingerprint density at radius 2 is 1.37 bits per heavy atom. The third-order valence-corrected chi connectivity index (χ3v) is 5.79. The van der Waals surface area contributed by atoms with E-state index in [1.54, 1.807) is 6.92 Å². The van der Waals surface area contributed by atoms with Crippen molar-refractivity contribution in [2.24, 2.45) is 0 Å². The maximum atomic E-state index is 12.9. The van der Waals surface area contributed by atoms with Crippen LogP contribution in [-0.2, 0) is 12.8 Å². The number of aromatic nitrogens is 2. The molecule has 0 aliphatic heterocycles. The van der Waals surface area contributed by atoms with Crippen LogP contribution in [0.3, 0.4) is 0 Å². The summed E-state index contributed by atoms with van der Waals surface area (Å²) in [5, 5.41) is 27.8. The molecule has 2 heterocycles. The number of carbonyl (C=O) groups is 2. The van der Waals surface area contributed by atoms with Crippen LogP contribution in [0.25, 0.3) is 22.5 Å². The summed E-state index contributed by atoms with van der Waals surface area (Å²) in [4.78, 5) is 50.4. The molecule has 0 saturated carbocycles. The molecule has 0 amide bonds. The molecular weight excluding hydrogens is 495 g/mol. The van der Waals surface area contributed by atoms with Gasteiger partial charge in [-0.15, -0.1) is 0 Å². The van der Waals surface area contributed by atoms with Crippen LogP contribution in [0.15, 0.2) is 70.3 Å². The van der Waals surface area contributed by atoms with Gasteiger partial charge in [-0.2, -0.15) is 0 Å². The molecule has 2 aromatic carbocycles. The monoisotopic (exact) mass is 520 g/mol. The Bertz CT molecular complexity index is 1590.